The number of imidazole rings is 1. The number of carbonyl (C=O) groups is 2. The molecule has 0 saturated carbocycles. The van der Waals surface area contributed by atoms with Crippen LogP contribution in [0.2, 0.25) is 0 Å². The zero-order valence-corrected chi connectivity index (χ0v) is 16.4. The number of fused-ring (bicyclic) bond motifs is 2. The highest BCUT2D eigenvalue weighted by molar-refractivity contribution is 5.81. The van der Waals surface area contributed by atoms with Crippen molar-refractivity contribution in [2.45, 2.75) is 32.2 Å². The van der Waals surface area contributed by atoms with Gasteiger partial charge in [0.15, 0.2) is 0 Å². The maximum Gasteiger partial charge on any atom is 0.223 e. The Hall–Kier alpha value is -3.41. The standard InChI is InChI=1S/C23H24N4O2/c1-16(28)27-14-12-17-7-2-3-8-18(17)21(27)15-23(29)24-13-6-11-22-25-19-9-4-5-10-20(19)26-22/h2-5,7-10,12,14,21H,6,11,13,15H2,1H3,(H,24,29)(H,25,26). The molecule has 0 spiro atoms. The number of para-hydroxylation sites is 2. The van der Waals surface area contributed by atoms with Crippen molar-refractivity contribution in [2.75, 3.05) is 6.54 Å². The van der Waals surface area contributed by atoms with Gasteiger partial charge in [0.25, 0.3) is 0 Å². The number of amides is 2. The second-order valence-electron chi connectivity index (χ2n) is 7.25. The molecule has 0 bridgehead atoms. The van der Waals surface area contributed by atoms with E-state index in [1.165, 1.54) is 6.92 Å². The Labute approximate surface area is 169 Å². The fourth-order valence-corrected chi connectivity index (χ4v) is 3.77. The highest BCUT2D eigenvalue weighted by Crippen LogP contribution is 2.32. The number of nitrogens with zero attached hydrogens (tertiary/aromatic N) is 2. The fraction of sp³-hybridized carbons (Fsp3) is 0.261. The third kappa shape index (κ3) is 4.21. The SMILES string of the molecule is CC(=O)N1C=Cc2ccccc2C1CC(=O)NCCCc1nc2ccccc2[nH]1. The van der Waals surface area contributed by atoms with Gasteiger partial charge in [0.1, 0.15) is 5.82 Å². The number of aromatic amines is 1. The monoisotopic (exact) mass is 388 g/mol. The third-order valence-electron chi connectivity index (χ3n) is 5.20. The minimum Gasteiger partial charge on any atom is -0.356 e. The van der Waals surface area contributed by atoms with Crippen LogP contribution in [0.3, 0.4) is 0 Å². The quantitative estimate of drug-likeness (QED) is 0.634. The molecule has 1 aliphatic rings. The molecule has 0 radical (unpaired) electrons. The number of rotatable bonds is 6. The van der Waals surface area contributed by atoms with Gasteiger partial charge < -0.3 is 15.2 Å². The molecule has 2 amide bonds. The number of aromatic nitrogens is 2. The van der Waals surface area contributed by atoms with Crippen molar-refractivity contribution in [1.29, 1.82) is 0 Å². The molecule has 1 aliphatic heterocycles. The van der Waals surface area contributed by atoms with Crippen molar-refractivity contribution in [3.05, 3.63) is 71.7 Å². The molecule has 29 heavy (non-hydrogen) atoms. The third-order valence-corrected chi connectivity index (χ3v) is 5.20. The Bertz CT molecular complexity index is 1040. The number of aryl methyl sites for hydroxylation is 1. The summed E-state index contributed by atoms with van der Waals surface area (Å²) in [6.45, 7) is 2.09. The first kappa shape index (κ1) is 18.9. The number of H-pyrrole nitrogens is 1. The largest absolute Gasteiger partial charge is 0.356 e. The minimum atomic E-state index is -0.274. The van der Waals surface area contributed by atoms with Crippen LogP contribution in [0.25, 0.3) is 17.1 Å². The molecule has 2 aromatic carbocycles. The van der Waals surface area contributed by atoms with Crippen molar-refractivity contribution in [1.82, 2.24) is 20.2 Å². The first-order chi connectivity index (χ1) is 14.1. The summed E-state index contributed by atoms with van der Waals surface area (Å²) in [5.41, 5.74) is 4.04. The van der Waals surface area contributed by atoms with Gasteiger partial charge in [-0.1, -0.05) is 36.4 Å². The first-order valence-electron chi connectivity index (χ1n) is 9.88. The van der Waals surface area contributed by atoms with E-state index in [9.17, 15) is 9.59 Å². The van der Waals surface area contributed by atoms with E-state index < -0.39 is 0 Å². The summed E-state index contributed by atoms with van der Waals surface area (Å²) >= 11 is 0. The lowest BCUT2D eigenvalue weighted by Gasteiger charge is -2.32. The second kappa shape index (κ2) is 8.31. The average Bonchev–Trinajstić information content (AvgIpc) is 3.14. The minimum absolute atomic E-state index is 0.0593. The molecule has 2 heterocycles. The van der Waals surface area contributed by atoms with Gasteiger partial charge in [-0.25, -0.2) is 4.98 Å². The predicted molar refractivity (Wildman–Crippen MR) is 113 cm³/mol. The molecule has 3 aromatic rings. The number of hydrogen-bond acceptors (Lipinski definition) is 3. The maximum absolute atomic E-state index is 12.5. The molecule has 4 rings (SSSR count). The van der Waals surface area contributed by atoms with Gasteiger partial charge >= 0.3 is 0 Å². The molecule has 6 nitrogen and oxygen atoms in total. The maximum atomic E-state index is 12.5. The van der Waals surface area contributed by atoms with E-state index in [0.29, 0.717) is 6.54 Å². The number of benzene rings is 2. The fourth-order valence-electron chi connectivity index (χ4n) is 3.77. The normalized spacial score (nSPS) is 15.3. The molecule has 0 fully saturated rings. The summed E-state index contributed by atoms with van der Waals surface area (Å²) in [5.74, 6) is 0.795. The Morgan fingerprint density at radius 2 is 1.93 bits per heavy atom. The molecule has 0 aliphatic carbocycles. The van der Waals surface area contributed by atoms with Crippen LogP contribution < -0.4 is 5.32 Å². The summed E-state index contributed by atoms with van der Waals surface area (Å²) in [6, 6.07) is 15.5. The summed E-state index contributed by atoms with van der Waals surface area (Å²) in [6.07, 6.45) is 5.49. The topological polar surface area (TPSA) is 78.1 Å². The van der Waals surface area contributed by atoms with E-state index >= 15 is 0 Å². The van der Waals surface area contributed by atoms with E-state index in [4.69, 9.17) is 0 Å². The van der Waals surface area contributed by atoms with Crippen molar-refractivity contribution < 1.29 is 9.59 Å². The van der Waals surface area contributed by atoms with E-state index in [-0.39, 0.29) is 24.3 Å². The van der Waals surface area contributed by atoms with Crippen LogP contribution in [-0.2, 0) is 16.0 Å². The molecular weight excluding hydrogens is 364 g/mol. The van der Waals surface area contributed by atoms with Crippen molar-refractivity contribution in [3.63, 3.8) is 0 Å². The summed E-state index contributed by atoms with van der Waals surface area (Å²) in [4.78, 5) is 34.1. The van der Waals surface area contributed by atoms with Crippen molar-refractivity contribution in [2.24, 2.45) is 0 Å². The van der Waals surface area contributed by atoms with Gasteiger partial charge in [-0.15, -0.1) is 0 Å². The first-order valence-corrected chi connectivity index (χ1v) is 9.88. The molecule has 2 N–H and O–H groups in total. The van der Waals surface area contributed by atoms with Crippen LogP contribution in [-0.4, -0.2) is 33.2 Å². The van der Waals surface area contributed by atoms with Gasteiger partial charge in [0.2, 0.25) is 11.8 Å². The lowest BCUT2D eigenvalue weighted by molar-refractivity contribution is -0.129. The highest BCUT2D eigenvalue weighted by atomic mass is 16.2. The van der Waals surface area contributed by atoms with E-state index in [1.807, 2.05) is 54.6 Å². The average molecular weight is 388 g/mol. The zero-order chi connectivity index (χ0) is 20.2. The molecule has 1 aromatic heterocycles. The Morgan fingerprint density at radius 3 is 2.76 bits per heavy atom. The van der Waals surface area contributed by atoms with Crippen LogP contribution in [0.15, 0.2) is 54.7 Å². The lowest BCUT2D eigenvalue weighted by atomic mass is 9.93. The van der Waals surface area contributed by atoms with Crippen LogP contribution in [0.1, 0.15) is 42.8 Å². The van der Waals surface area contributed by atoms with E-state index in [1.54, 1.807) is 11.1 Å². The summed E-state index contributed by atoms with van der Waals surface area (Å²) in [5, 5.41) is 2.98. The van der Waals surface area contributed by atoms with Crippen LogP contribution >= 0.6 is 0 Å². The van der Waals surface area contributed by atoms with Gasteiger partial charge in [0.05, 0.1) is 23.5 Å². The summed E-state index contributed by atoms with van der Waals surface area (Å²) < 4.78 is 0. The zero-order valence-electron chi connectivity index (χ0n) is 16.4. The van der Waals surface area contributed by atoms with Gasteiger partial charge in [0, 0.05) is 26.1 Å². The molecule has 1 atom stereocenters. The van der Waals surface area contributed by atoms with Gasteiger partial charge in [-0.2, -0.15) is 0 Å². The second-order valence-corrected chi connectivity index (χ2v) is 7.25. The highest BCUT2D eigenvalue weighted by Gasteiger charge is 2.27. The van der Waals surface area contributed by atoms with Crippen LogP contribution in [0, 0.1) is 0 Å². The Kier molecular flexibility index (Phi) is 5.42. The molecule has 1 unspecified atom stereocenters. The summed E-state index contributed by atoms with van der Waals surface area (Å²) in [7, 11) is 0. The van der Waals surface area contributed by atoms with Gasteiger partial charge in [-0.05, 0) is 35.8 Å². The number of nitrogens with one attached hydrogen (secondary N) is 2. The van der Waals surface area contributed by atoms with Crippen molar-refractivity contribution in [3.8, 4) is 0 Å². The number of hydrogen-bond donors (Lipinski definition) is 2. The lowest BCUT2D eigenvalue weighted by Crippen LogP contribution is -2.35. The molecule has 148 valence electrons. The van der Waals surface area contributed by atoms with Gasteiger partial charge in [-0.3, -0.25) is 9.59 Å². The van der Waals surface area contributed by atoms with Crippen LogP contribution in [0.4, 0.5) is 0 Å². The smallest absolute Gasteiger partial charge is 0.223 e. The van der Waals surface area contributed by atoms with E-state index in [0.717, 1.165) is 40.8 Å². The molecule has 0 saturated heterocycles. The Balaban J connectivity index is 1.32. The Morgan fingerprint density at radius 1 is 1.14 bits per heavy atom. The van der Waals surface area contributed by atoms with E-state index in [2.05, 4.69) is 15.3 Å². The van der Waals surface area contributed by atoms with Crippen molar-refractivity contribution >= 4 is 28.9 Å². The van der Waals surface area contributed by atoms with Crippen LogP contribution in [0.5, 0.6) is 0 Å². The molecule has 6 heteroatoms. The predicted octanol–water partition coefficient (Wildman–Crippen LogP) is 3.58. The molecular formula is C23H24N4O2. The number of carbonyl (C=O) groups excluding carboxylic acids is 2.